The Morgan fingerprint density at radius 1 is 1.04 bits per heavy atom. The zero-order valence-electron chi connectivity index (χ0n) is 14.9. The van der Waals surface area contributed by atoms with E-state index in [1.165, 1.54) is 0 Å². The van der Waals surface area contributed by atoms with Gasteiger partial charge in [-0.3, -0.25) is 9.59 Å². The van der Waals surface area contributed by atoms with Crippen molar-refractivity contribution in [2.24, 2.45) is 0 Å². The van der Waals surface area contributed by atoms with Gasteiger partial charge in [0.25, 0.3) is 11.8 Å². The number of carbonyl (C=O) groups excluding carboxylic acids is 2. The topological polar surface area (TPSA) is 89.2 Å². The molecular weight excluding hydrogens is 344 g/mol. The summed E-state index contributed by atoms with van der Waals surface area (Å²) in [7, 11) is 0. The lowest BCUT2D eigenvalue weighted by Gasteiger charge is -2.36. The minimum Gasteiger partial charge on any atom is -0.456 e. The summed E-state index contributed by atoms with van der Waals surface area (Å²) < 4.78 is 7.19. The number of furan rings is 1. The molecule has 27 heavy (non-hydrogen) atoms. The highest BCUT2D eigenvalue weighted by Crippen LogP contribution is 2.21. The van der Waals surface area contributed by atoms with E-state index < -0.39 is 0 Å². The van der Waals surface area contributed by atoms with Crippen molar-refractivity contribution in [1.82, 2.24) is 20.2 Å². The molecule has 7 heteroatoms. The number of aromatic nitrogens is 2. The predicted molar refractivity (Wildman–Crippen MR) is 98.8 cm³/mol. The van der Waals surface area contributed by atoms with E-state index in [9.17, 15) is 9.59 Å². The Hall–Kier alpha value is -3.35. The van der Waals surface area contributed by atoms with Crippen molar-refractivity contribution in [1.29, 1.82) is 0 Å². The van der Waals surface area contributed by atoms with Crippen LogP contribution in [0.3, 0.4) is 0 Å². The van der Waals surface area contributed by atoms with Gasteiger partial charge in [0.05, 0.1) is 6.33 Å². The average Bonchev–Trinajstić information content (AvgIpc) is 3.31. The highest BCUT2D eigenvalue weighted by Gasteiger charge is 2.32. The van der Waals surface area contributed by atoms with E-state index in [1.807, 2.05) is 22.9 Å². The number of hydrogen-bond acceptors (Lipinski definition) is 4. The Balaban J connectivity index is 1.26. The van der Waals surface area contributed by atoms with Crippen LogP contribution < -0.4 is 10.6 Å². The average molecular weight is 364 g/mol. The fourth-order valence-electron chi connectivity index (χ4n) is 3.13. The number of nitrogens with one attached hydrogen (secondary N) is 2. The molecule has 2 N–H and O–H groups in total. The van der Waals surface area contributed by atoms with E-state index in [4.69, 9.17) is 4.42 Å². The molecule has 0 bridgehead atoms. The third kappa shape index (κ3) is 3.76. The lowest BCUT2D eigenvalue weighted by Crippen LogP contribution is -2.53. The van der Waals surface area contributed by atoms with Gasteiger partial charge in [-0.25, -0.2) is 4.98 Å². The summed E-state index contributed by atoms with van der Waals surface area (Å²) in [6.07, 6.45) is 6.69. The van der Waals surface area contributed by atoms with Gasteiger partial charge >= 0.3 is 0 Å². The van der Waals surface area contributed by atoms with Crippen LogP contribution in [0.1, 0.15) is 39.5 Å². The highest BCUT2D eigenvalue weighted by molar-refractivity contribution is 5.94. The molecule has 0 saturated heterocycles. The van der Waals surface area contributed by atoms with Crippen LogP contribution in [-0.2, 0) is 0 Å². The van der Waals surface area contributed by atoms with Crippen molar-refractivity contribution < 1.29 is 14.0 Å². The van der Waals surface area contributed by atoms with Gasteiger partial charge in [-0.2, -0.15) is 0 Å². The molecular formula is C20H20N4O3. The summed E-state index contributed by atoms with van der Waals surface area (Å²) in [5.41, 5.74) is 1.56. The Labute approximate surface area is 156 Å². The molecule has 138 valence electrons. The minimum atomic E-state index is -0.215. The summed E-state index contributed by atoms with van der Waals surface area (Å²) >= 11 is 0. The molecule has 1 aliphatic carbocycles. The van der Waals surface area contributed by atoms with E-state index in [0.29, 0.717) is 29.9 Å². The standard InChI is InChI=1S/C20H20N4O3/c1-13-2-7-18(27-13)20(26)23-16-10-15(11-16)22-19(25)14-3-5-17(6-4-14)24-9-8-21-12-24/h2-9,12,15-16H,10-11H2,1H3,(H,22,25)(H,23,26). The maximum atomic E-state index is 12.4. The molecule has 1 saturated carbocycles. The maximum absolute atomic E-state index is 12.4. The van der Waals surface area contributed by atoms with Crippen molar-refractivity contribution in [3.8, 4) is 5.69 Å². The Morgan fingerprint density at radius 3 is 2.33 bits per heavy atom. The number of aryl methyl sites for hydroxylation is 1. The number of imidazole rings is 1. The molecule has 0 spiro atoms. The van der Waals surface area contributed by atoms with E-state index in [1.54, 1.807) is 43.7 Å². The van der Waals surface area contributed by atoms with Gasteiger partial charge in [0.15, 0.2) is 5.76 Å². The first kappa shape index (κ1) is 17.1. The van der Waals surface area contributed by atoms with Gasteiger partial charge in [0, 0.05) is 35.7 Å². The smallest absolute Gasteiger partial charge is 0.287 e. The van der Waals surface area contributed by atoms with Gasteiger partial charge < -0.3 is 19.6 Å². The van der Waals surface area contributed by atoms with Gasteiger partial charge in [0.2, 0.25) is 0 Å². The third-order valence-corrected chi connectivity index (χ3v) is 4.70. The Morgan fingerprint density at radius 2 is 1.74 bits per heavy atom. The first-order valence-electron chi connectivity index (χ1n) is 8.85. The van der Waals surface area contributed by atoms with Crippen molar-refractivity contribution in [2.75, 3.05) is 0 Å². The van der Waals surface area contributed by atoms with Crippen LogP contribution in [0, 0.1) is 6.92 Å². The minimum absolute atomic E-state index is 0.0526. The SMILES string of the molecule is Cc1ccc(C(=O)NC2CC(NC(=O)c3ccc(-n4ccnc4)cc3)C2)o1. The van der Waals surface area contributed by atoms with Crippen molar-refractivity contribution in [3.63, 3.8) is 0 Å². The molecule has 1 aliphatic rings. The van der Waals surface area contributed by atoms with Crippen molar-refractivity contribution in [2.45, 2.75) is 31.8 Å². The van der Waals surface area contributed by atoms with E-state index in [0.717, 1.165) is 5.69 Å². The van der Waals surface area contributed by atoms with Crippen molar-refractivity contribution in [3.05, 3.63) is 72.2 Å². The first-order chi connectivity index (χ1) is 13.1. The van der Waals surface area contributed by atoms with Crippen LogP contribution in [0.15, 0.2) is 59.5 Å². The van der Waals surface area contributed by atoms with Gasteiger partial charge in [-0.1, -0.05) is 0 Å². The largest absolute Gasteiger partial charge is 0.456 e. The molecule has 2 amide bonds. The lowest BCUT2D eigenvalue weighted by atomic mass is 9.86. The van der Waals surface area contributed by atoms with Gasteiger partial charge in [-0.05, 0) is 56.2 Å². The fraction of sp³-hybridized carbons (Fsp3) is 0.250. The molecule has 0 unspecified atom stereocenters. The maximum Gasteiger partial charge on any atom is 0.287 e. The van der Waals surface area contributed by atoms with Gasteiger partial charge in [0.1, 0.15) is 5.76 Å². The summed E-state index contributed by atoms with van der Waals surface area (Å²) in [6, 6.07) is 10.9. The van der Waals surface area contributed by atoms with E-state index in [-0.39, 0.29) is 23.9 Å². The van der Waals surface area contributed by atoms with Crippen molar-refractivity contribution >= 4 is 11.8 Å². The molecule has 2 aromatic heterocycles. The number of amides is 2. The molecule has 2 heterocycles. The second-order valence-electron chi connectivity index (χ2n) is 6.74. The molecule has 1 aromatic carbocycles. The Bertz CT molecular complexity index is 938. The van der Waals surface area contributed by atoms with Crippen LogP contribution in [0.25, 0.3) is 5.69 Å². The summed E-state index contributed by atoms with van der Waals surface area (Å²) in [4.78, 5) is 28.4. The first-order valence-corrected chi connectivity index (χ1v) is 8.85. The van der Waals surface area contributed by atoms with Crippen LogP contribution in [-0.4, -0.2) is 33.4 Å². The van der Waals surface area contributed by atoms with Gasteiger partial charge in [-0.15, -0.1) is 0 Å². The normalized spacial score (nSPS) is 18.6. The second-order valence-corrected chi connectivity index (χ2v) is 6.74. The molecule has 4 rings (SSSR count). The summed E-state index contributed by atoms with van der Waals surface area (Å²) in [5, 5.41) is 5.92. The summed E-state index contributed by atoms with van der Waals surface area (Å²) in [6.45, 7) is 1.80. The molecule has 0 atom stereocenters. The molecule has 1 fully saturated rings. The second kappa shape index (κ2) is 7.11. The Kier molecular flexibility index (Phi) is 4.50. The monoisotopic (exact) mass is 364 g/mol. The fourth-order valence-corrected chi connectivity index (χ4v) is 3.13. The molecule has 3 aromatic rings. The number of hydrogen-bond donors (Lipinski definition) is 2. The highest BCUT2D eigenvalue weighted by atomic mass is 16.3. The predicted octanol–water partition coefficient (Wildman–Crippen LogP) is 2.46. The molecule has 7 nitrogen and oxygen atoms in total. The van der Waals surface area contributed by atoms with Crippen LogP contribution in [0.5, 0.6) is 0 Å². The quantitative estimate of drug-likeness (QED) is 0.728. The third-order valence-electron chi connectivity index (χ3n) is 4.70. The number of rotatable bonds is 5. The molecule has 0 radical (unpaired) electrons. The molecule has 0 aliphatic heterocycles. The van der Waals surface area contributed by atoms with Crippen LogP contribution in [0.2, 0.25) is 0 Å². The van der Waals surface area contributed by atoms with E-state index >= 15 is 0 Å². The number of nitrogens with zero attached hydrogens (tertiary/aromatic N) is 2. The zero-order chi connectivity index (χ0) is 18.8. The zero-order valence-corrected chi connectivity index (χ0v) is 14.9. The number of carbonyl (C=O) groups is 2. The van der Waals surface area contributed by atoms with E-state index in [2.05, 4.69) is 15.6 Å². The number of benzene rings is 1. The summed E-state index contributed by atoms with van der Waals surface area (Å²) in [5.74, 6) is 0.701. The lowest BCUT2D eigenvalue weighted by molar-refractivity contribution is 0.0844. The van der Waals surface area contributed by atoms with Crippen LogP contribution >= 0.6 is 0 Å². The van der Waals surface area contributed by atoms with Crippen LogP contribution in [0.4, 0.5) is 0 Å².